The van der Waals surface area contributed by atoms with Crippen molar-refractivity contribution in [3.05, 3.63) is 23.7 Å². The molecule has 21 heavy (non-hydrogen) atoms. The topological polar surface area (TPSA) is 79.5 Å². The Balaban J connectivity index is 1.82. The fourth-order valence-electron chi connectivity index (χ4n) is 3.01. The predicted octanol–water partition coefficient (Wildman–Crippen LogP) is 3.20. The SMILES string of the molecule is CCC(CC1CCCC1)C(=O)NCc1ccc(C(=O)O)o1. The maximum atomic E-state index is 12.2. The molecule has 0 bridgehead atoms. The van der Waals surface area contributed by atoms with E-state index < -0.39 is 5.97 Å². The van der Waals surface area contributed by atoms with Gasteiger partial charge in [-0.25, -0.2) is 4.79 Å². The van der Waals surface area contributed by atoms with Gasteiger partial charge in [-0.15, -0.1) is 0 Å². The van der Waals surface area contributed by atoms with E-state index in [2.05, 4.69) is 5.32 Å². The van der Waals surface area contributed by atoms with E-state index in [4.69, 9.17) is 9.52 Å². The van der Waals surface area contributed by atoms with Crippen molar-refractivity contribution in [1.82, 2.24) is 5.32 Å². The molecule has 1 unspecified atom stereocenters. The zero-order chi connectivity index (χ0) is 15.2. The number of furan rings is 1. The van der Waals surface area contributed by atoms with E-state index in [1.54, 1.807) is 6.07 Å². The standard InChI is InChI=1S/C16H23NO4/c1-2-12(9-11-5-3-4-6-11)15(18)17-10-13-7-8-14(21-13)16(19)20/h7-8,11-12H,2-6,9-10H2,1H3,(H,17,18)(H,19,20). The molecule has 1 aromatic rings. The monoisotopic (exact) mass is 293 g/mol. The highest BCUT2D eigenvalue weighted by Gasteiger charge is 2.24. The van der Waals surface area contributed by atoms with Crippen LogP contribution in [0.5, 0.6) is 0 Å². The number of carboxylic acids is 1. The van der Waals surface area contributed by atoms with Crippen LogP contribution in [0.1, 0.15) is 61.8 Å². The molecule has 2 rings (SSSR count). The van der Waals surface area contributed by atoms with Gasteiger partial charge in [0.05, 0.1) is 6.54 Å². The summed E-state index contributed by atoms with van der Waals surface area (Å²) in [5.41, 5.74) is 0. The van der Waals surface area contributed by atoms with Gasteiger partial charge in [-0.05, 0) is 30.9 Å². The summed E-state index contributed by atoms with van der Waals surface area (Å²) in [6, 6.07) is 2.99. The molecule has 1 saturated carbocycles. The summed E-state index contributed by atoms with van der Waals surface area (Å²) >= 11 is 0. The Bertz CT molecular complexity index is 488. The summed E-state index contributed by atoms with van der Waals surface area (Å²) in [5.74, 6) is 0.0385. The van der Waals surface area contributed by atoms with Gasteiger partial charge in [-0.2, -0.15) is 0 Å². The summed E-state index contributed by atoms with van der Waals surface area (Å²) in [6.45, 7) is 2.28. The third kappa shape index (κ3) is 4.34. The highest BCUT2D eigenvalue weighted by Crippen LogP contribution is 2.31. The Morgan fingerprint density at radius 3 is 2.67 bits per heavy atom. The van der Waals surface area contributed by atoms with Crippen LogP contribution in [0.15, 0.2) is 16.5 Å². The van der Waals surface area contributed by atoms with Gasteiger partial charge in [0.15, 0.2) is 0 Å². The van der Waals surface area contributed by atoms with Crippen molar-refractivity contribution >= 4 is 11.9 Å². The van der Waals surface area contributed by atoms with E-state index in [1.807, 2.05) is 6.92 Å². The van der Waals surface area contributed by atoms with Gasteiger partial charge in [0.1, 0.15) is 5.76 Å². The second-order valence-electron chi connectivity index (χ2n) is 5.78. The summed E-state index contributed by atoms with van der Waals surface area (Å²) in [6.07, 6.45) is 6.84. The van der Waals surface area contributed by atoms with Crippen LogP contribution in [0.3, 0.4) is 0 Å². The molecule has 1 aromatic heterocycles. The lowest BCUT2D eigenvalue weighted by molar-refractivity contribution is -0.125. The van der Waals surface area contributed by atoms with Crippen LogP contribution < -0.4 is 5.32 Å². The van der Waals surface area contributed by atoms with Crippen LogP contribution in [-0.4, -0.2) is 17.0 Å². The van der Waals surface area contributed by atoms with Gasteiger partial charge >= 0.3 is 5.97 Å². The number of carbonyl (C=O) groups is 2. The summed E-state index contributed by atoms with van der Waals surface area (Å²) in [7, 11) is 0. The molecule has 1 heterocycles. The van der Waals surface area contributed by atoms with E-state index in [-0.39, 0.29) is 24.1 Å². The Morgan fingerprint density at radius 2 is 2.10 bits per heavy atom. The molecule has 0 spiro atoms. The van der Waals surface area contributed by atoms with Crippen LogP contribution in [0.4, 0.5) is 0 Å². The van der Waals surface area contributed by atoms with Gasteiger partial charge in [0, 0.05) is 5.92 Å². The summed E-state index contributed by atoms with van der Waals surface area (Å²) < 4.78 is 5.13. The normalized spacial score (nSPS) is 16.8. The lowest BCUT2D eigenvalue weighted by atomic mass is 9.91. The number of carbonyl (C=O) groups excluding carboxylic acids is 1. The van der Waals surface area contributed by atoms with Crippen LogP contribution in [0, 0.1) is 11.8 Å². The Morgan fingerprint density at radius 1 is 1.38 bits per heavy atom. The highest BCUT2D eigenvalue weighted by atomic mass is 16.4. The number of hydrogen-bond acceptors (Lipinski definition) is 3. The van der Waals surface area contributed by atoms with Gasteiger partial charge in [-0.3, -0.25) is 4.79 Å². The zero-order valence-electron chi connectivity index (χ0n) is 12.4. The van der Waals surface area contributed by atoms with Crippen LogP contribution >= 0.6 is 0 Å². The first-order valence-electron chi connectivity index (χ1n) is 7.69. The number of nitrogens with one attached hydrogen (secondary N) is 1. The first-order valence-corrected chi connectivity index (χ1v) is 7.69. The van der Waals surface area contributed by atoms with Crippen molar-refractivity contribution in [2.45, 2.75) is 52.0 Å². The molecule has 5 heteroatoms. The van der Waals surface area contributed by atoms with Gasteiger partial charge in [0.25, 0.3) is 0 Å². The van der Waals surface area contributed by atoms with Gasteiger partial charge < -0.3 is 14.8 Å². The lowest BCUT2D eigenvalue weighted by Crippen LogP contribution is -2.31. The smallest absolute Gasteiger partial charge is 0.371 e. The van der Waals surface area contributed by atoms with Crippen molar-refractivity contribution in [2.75, 3.05) is 0 Å². The highest BCUT2D eigenvalue weighted by molar-refractivity contribution is 5.84. The minimum atomic E-state index is -1.10. The largest absolute Gasteiger partial charge is 0.475 e. The molecule has 116 valence electrons. The third-order valence-electron chi connectivity index (χ3n) is 4.27. The predicted molar refractivity (Wildman–Crippen MR) is 77.9 cm³/mol. The zero-order valence-corrected chi connectivity index (χ0v) is 12.4. The van der Waals surface area contributed by atoms with Crippen molar-refractivity contribution in [1.29, 1.82) is 0 Å². The molecular formula is C16H23NO4. The lowest BCUT2D eigenvalue weighted by Gasteiger charge is -2.18. The number of amides is 1. The molecular weight excluding hydrogens is 270 g/mol. The van der Waals surface area contributed by atoms with Crippen LogP contribution in [0.25, 0.3) is 0 Å². The summed E-state index contributed by atoms with van der Waals surface area (Å²) in [4.78, 5) is 22.9. The first-order chi connectivity index (χ1) is 10.1. The quantitative estimate of drug-likeness (QED) is 0.809. The maximum absolute atomic E-state index is 12.2. The molecule has 0 radical (unpaired) electrons. The Hall–Kier alpha value is -1.78. The number of rotatable bonds is 7. The van der Waals surface area contributed by atoms with Crippen molar-refractivity contribution in [3.8, 4) is 0 Å². The molecule has 5 nitrogen and oxygen atoms in total. The molecule has 1 aliphatic carbocycles. The number of aromatic carboxylic acids is 1. The molecule has 1 aliphatic rings. The van der Waals surface area contributed by atoms with E-state index >= 15 is 0 Å². The minimum Gasteiger partial charge on any atom is -0.475 e. The molecule has 1 amide bonds. The average Bonchev–Trinajstić information content (AvgIpc) is 3.13. The molecule has 0 saturated heterocycles. The molecule has 1 fully saturated rings. The van der Waals surface area contributed by atoms with Crippen molar-refractivity contribution in [2.24, 2.45) is 11.8 Å². The molecule has 2 N–H and O–H groups in total. The molecule has 0 aromatic carbocycles. The second kappa shape index (κ2) is 7.29. The van der Waals surface area contributed by atoms with Crippen LogP contribution in [-0.2, 0) is 11.3 Å². The minimum absolute atomic E-state index is 0.0395. The van der Waals surface area contributed by atoms with Crippen molar-refractivity contribution < 1.29 is 19.1 Å². The Kier molecular flexibility index (Phi) is 5.42. The van der Waals surface area contributed by atoms with E-state index in [0.29, 0.717) is 11.7 Å². The fraction of sp³-hybridized carbons (Fsp3) is 0.625. The fourth-order valence-corrected chi connectivity index (χ4v) is 3.01. The van der Waals surface area contributed by atoms with Gasteiger partial charge in [0.2, 0.25) is 11.7 Å². The molecule has 1 atom stereocenters. The third-order valence-corrected chi connectivity index (χ3v) is 4.27. The number of hydrogen-bond donors (Lipinski definition) is 2. The summed E-state index contributed by atoms with van der Waals surface area (Å²) in [5, 5.41) is 11.6. The number of carboxylic acid groups (broad SMARTS) is 1. The van der Waals surface area contributed by atoms with Crippen molar-refractivity contribution in [3.63, 3.8) is 0 Å². The van der Waals surface area contributed by atoms with E-state index in [0.717, 1.165) is 12.8 Å². The van der Waals surface area contributed by atoms with Crippen LogP contribution in [0.2, 0.25) is 0 Å². The second-order valence-corrected chi connectivity index (χ2v) is 5.78. The average molecular weight is 293 g/mol. The van der Waals surface area contributed by atoms with Gasteiger partial charge in [-0.1, -0.05) is 32.6 Å². The first kappa shape index (κ1) is 15.6. The van der Waals surface area contributed by atoms with E-state index in [9.17, 15) is 9.59 Å². The maximum Gasteiger partial charge on any atom is 0.371 e. The molecule has 0 aliphatic heterocycles. The Labute approximate surface area is 124 Å². The van der Waals surface area contributed by atoms with E-state index in [1.165, 1.54) is 31.7 Å².